The molecular formula is C15H22O2. The summed E-state index contributed by atoms with van der Waals surface area (Å²) in [5, 5.41) is 0. The van der Waals surface area contributed by atoms with Crippen molar-refractivity contribution in [2.24, 2.45) is 5.92 Å². The van der Waals surface area contributed by atoms with E-state index in [0.29, 0.717) is 5.76 Å². The molecule has 0 radical (unpaired) electrons. The van der Waals surface area contributed by atoms with Crippen molar-refractivity contribution in [3.05, 3.63) is 23.7 Å². The minimum atomic E-state index is 0.200. The third-order valence-corrected chi connectivity index (χ3v) is 3.73. The summed E-state index contributed by atoms with van der Waals surface area (Å²) in [7, 11) is 0. The van der Waals surface area contributed by atoms with Crippen LogP contribution >= 0.6 is 0 Å². The number of carbonyl (C=O) groups is 1. The third-order valence-electron chi connectivity index (χ3n) is 3.73. The minimum Gasteiger partial charge on any atom is -0.458 e. The van der Waals surface area contributed by atoms with E-state index in [0.717, 1.165) is 25.0 Å². The highest BCUT2D eigenvalue weighted by Crippen LogP contribution is 2.26. The Morgan fingerprint density at radius 1 is 1.18 bits per heavy atom. The minimum absolute atomic E-state index is 0.200. The van der Waals surface area contributed by atoms with E-state index in [-0.39, 0.29) is 11.7 Å². The van der Waals surface area contributed by atoms with E-state index in [1.54, 1.807) is 0 Å². The van der Waals surface area contributed by atoms with Gasteiger partial charge in [-0.3, -0.25) is 4.79 Å². The van der Waals surface area contributed by atoms with Gasteiger partial charge in [0.2, 0.25) is 5.78 Å². The van der Waals surface area contributed by atoms with E-state index in [4.69, 9.17) is 4.42 Å². The molecule has 0 unspecified atom stereocenters. The van der Waals surface area contributed by atoms with Gasteiger partial charge in [0.05, 0.1) is 0 Å². The number of carbonyl (C=O) groups excluding carboxylic acids is 1. The van der Waals surface area contributed by atoms with Crippen LogP contribution < -0.4 is 0 Å². The van der Waals surface area contributed by atoms with Crippen LogP contribution in [-0.4, -0.2) is 5.78 Å². The van der Waals surface area contributed by atoms with Crippen molar-refractivity contribution in [2.45, 2.75) is 58.3 Å². The first-order valence-electron chi connectivity index (χ1n) is 6.94. The van der Waals surface area contributed by atoms with Gasteiger partial charge in [-0.05, 0) is 25.0 Å². The standard InChI is InChI=1S/C15H22O2/c1-2-13-10-11-14(17-13)15(16)12-8-6-4-3-5-7-9-12/h10-12H,2-9H2,1H3. The van der Waals surface area contributed by atoms with Gasteiger partial charge in [-0.25, -0.2) is 0 Å². The summed E-state index contributed by atoms with van der Waals surface area (Å²) >= 11 is 0. The summed E-state index contributed by atoms with van der Waals surface area (Å²) in [6.45, 7) is 2.04. The Balaban J connectivity index is 2.01. The zero-order valence-corrected chi connectivity index (χ0v) is 10.7. The summed E-state index contributed by atoms with van der Waals surface area (Å²) < 4.78 is 5.57. The highest BCUT2D eigenvalue weighted by atomic mass is 16.3. The molecule has 2 rings (SSSR count). The molecule has 0 aliphatic heterocycles. The smallest absolute Gasteiger partial charge is 0.201 e. The highest BCUT2D eigenvalue weighted by Gasteiger charge is 2.23. The lowest BCUT2D eigenvalue weighted by Crippen LogP contribution is -2.15. The van der Waals surface area contributed by atoms with Crippen molar-refractivity contribution in [2.75, 3.05) is 0 Å². The maximum absolute atomic E-state index is 12.3. The maximum Gasteiger partial charge on any atom is 0.201 e. The van der Waals surface area contributed by atoms with Gasteiger partial charge in [-0.1, -0.05) is 39.0 Å². The van der Waals surface area contributed by atoms with Crippen LogP contribution in [0.1, 0.15) is 68.2 Å². The Labute approximate surface area is 103 Å². The van der Waals surface area contributed by atoms with E-state index in [2.05, 4.69) is 0 Å². The van der Waals surface area contributed by atoms with Crippen LogP contribution in [0.4, 0.5) is 0 Å². The van der Waals surface area contributed by atoms with Crippen LogP contribution in [0.15, 0.2) is 16.5 Å². The van der Waals surface area contributed by atoms with Gasteiger partial charge < -0.3 is 4.42 Å². The van der Waals surface area contributed by atoms with Crippen LogP contribution in [0.2, 0.25) is 0 Å². The normalized spacial score (nSPS) is 18.6. The Morgan fingerprint density at radius 3 is 2.41 bits per heavy atom. The Kier molecular flexibility index (Phi) is 4.41. The first-order valence-corrected chi connectivity index (χ1v) is 6.94. The van der Waals surface area contributed by atoms with Crippen LogP contribution in [0.3, 0.4) is 0 Å². The molecule has 0 atom stereocenters. The average molecular weight is 234 g/mol. The molecule has 0 amide bonds. The quantitative estimate of drug-likeness (QED) is 0.726. The first-order chi connectivity index (χ1) is 8.31. The molecule has 0 saturated heterocycles. The second kappa shape index (κ2) is 6.04. The second-order valence-corrected chi connectivity index (χ2v) is 5.03. The molecule has 1 aliphatic rings. The van der Waals surface area contributed by atoms with Crippen molar-refractivity contribution in [3.63, 3.8) is 0 Å². The summed E-state index contributed by atoms with van der Waals surface area (Å²) in [6.07, 6.45) is 9.22. The van der Waals surface area contributed by atoms with E-state index < -0.39 is 0 Å². The summed E-state index contributed by atoms with van der Waals surface area (Å²) in [5.41, 5.74) is 0. The molecule has 2 nitrogen and oxygen atoms in total. The molecule has 0 N–H and O–H groups in total. The van der Waals surface area contributed by atoms with E-state index in [1.807, 2.05) is 19.1 Å². The Bertz CT molecular complexity index is 357. The second-order valence-electron chi connectivity index (χ2n) is 5.03. The topological polar surface area (TPSA) is 30.2 Å². The fourth-order valence-corrected chi connectivity index (χ4v) is 2.62. The summed E-state index contributed by atoms with van der Waals surface area (Å²) in [6, 6.07) is 3.77. The molecule has 17 heavy (non-hydrogen) atoms. The SMILES string of the molecule is CCc1ccc(C(=O)C2CCCCCCC2)o1. The van der Waals surface area contributed by atoms with Gasteiger partial charge in [0.1, 0.15) is 5.76 Å². The largest absolute Gasteiger partial charge is 0.458 e. The lowest BCUT2D eigenvalue weighted by atomic mass is 9.87. The molecule has 0 aromatic carbocycles. The number of rotatable bonds is 3. The van der Waals surface area contributed by atoms with Crippen molar-refractivity contribution in [1.29, 1.82) is 0 Å². The van der Waals surface area contributed by atoms with Crippen LogP contribution in [0, 0.1) is 5.92 Å². The number of Topliss-reactive ketones (excluding diaryl/α,β-unsaturated/α-hetero) is 1. The van der Waals surface area contributed by atoms with E-state index >= 15 is 0 Å². The molecule has 1 aliphatic carbocycles. The van der Waals surface area contributed by atoms with Crippen molar-refractivity contribution < 1.29 is 9.21 Å². The molecule has 94 valence electrons. The van der Waals surface area contributed by atoms with Gasteiger partial charge in [-0.15, -0.1) is 0 Å². The molecule has 1 aromatic heterocycles. The van der Waals surface area contributed by atoms with E-state index in [1.165, 1.54) is 32.1 Å². The molecule has 1 saturated carbocycles. The molecule has 0 spiro atoms. The average Bonchev–Trinajstić information content (AvgIpc) is 2.76. The number of aryl methyl sites for hydroxylation is 1. The third kappa shape index (κ3) is 3.21. The molecule has 1 fully saturated rings. The van der Waals surface area contributed by atoms with Gasteiger partial charge in [0, 0.05) is 12.3 Å². The van der Waals surface area contributed by atoms with Crippen LogP contribution in [-0.2, 0) is 6.42 Å². The number of ketones is 1. The number of furan rings is 1. The van der Waals surface area contributed by atoms with Crippen molar-refractivity contribution >= 4 is 5.78 Å². The number of hydrogen-bond donors (Lipinski definition) is 0. The highest BCUT2D eigenvalue weighted by molar-refractivity contribution is 5.95. The molecule has 0 bridgehead atoms. The van der Waals surface area contributed by atoms with Crippen LogP contribution in [0.5, 0.6) is 0 Å². The van der Waals surface area contributed by atoms with Gasteiger partial charge in [0.15, 0.2) is 5.76 Å². The summed E-state index contributed by atoms with van der Waals surface area (Å²) in [4.78, 5) is 12.3. The zero-order valence-electron chi connectivity index (χ0n) is 10.7. The van der Waals surface area contributed by atoms with Crippen LogP contribution in [0.25, 0.3) is 0 Å². The maximum atomic E-state index is 12.3. The van der Waals surface area contributed by atoms with E-state index in [9.17, 15) is 4.79 Å². The Morgan fingerprint density at radius 2 is 1.82 bits per heavy atom. The molecular weight excluding hydrogens is 212 g/mol. The fraction of sp³-hybridized carbons (Fsp3) is 0.667. The molecule has 1 heterocycles. The predicted octanol–water partition coefficient (Wildman–Crippen LogP) is 4.39. The fourth-order valence-electron chi connectivity index (χ4n) is 2.62. The van der Waals surface area contributed by atoms with Crippen molar-refractivity contribution in [3.8, 4) is 0 Å². The lowest BCUT2D eigenvalue weighted by molar-refractivity contribution is 0.0868. The molecule has 1 aromatic rings. The predicted molar refractivity (Wildman–Crippen MR) is 68.2 cm³/mol. The van der Waals surface area contributed by atoms with Gasteiger partial charge >= 0.3 is 0 Å². The van der Waals surface area contributed by atoms with Gasteiger partial charge in [0.25, 0.3) is 0 Å². The first kappa shape index (κ1) is 12.4. The zero-order chi connectivity index (χ0) is 12.1. The summed E-state index contributed by atoms with van der Waals surface area (Å²) in [5.74, 6) is 1.92. The van der Waals surface area contributed by atoms with Crippen molar-refractivity contribution in [1.82, 2.24) is 0 Å². The lowest BCUT2D eigenvalue weighted by Gasteiger charge is -2.17. The van der Waals surface area contributed by atoms with Gasteiger partial charge in [-0.2, -0.15) is 0 Å². The Hall–Kier alpha value is -1.05. The monoisotopic (exact) mass is 234 g/mol. The number of hydrogen-bond acceptors (Lipinski definition) is 2. The molecule has 2 heteroatoms.